The number of esters is 1. The molecule has 0 fully saturated rings. The van der Waals surface area contributed by atoms with Crippen molar-refractivity contribution >= 4 is 21.9 Å². The van der Waals surface area contributed by atoms with Crippen LogP contribution in [0.3, 0.4) is 0 Å². The molecule has 54 valence electrons. The van der Waals surface area contributed by atoms with Gasteiger partial charge in [-0.05, 0) is 6.42 Å². The number of rotatable bonds is 3. The van der Waals surface area contributed by atoms with Crippen molar-refractivity contribution in [2.24, 2.45) is 5.92 Å². The molecule has 0 spiro atoms. The highest BCUT2D eigenvalue weighted by Gasteiger charge is 2.13. The number of alkyl halides is 1. The zero-order valence-corrected chi connectivity index (χ0v) is 7.27. The van der Waals surface area contributed by atoms with Gasteiger partial charge in [-0.3, -0.25) is 4.79 Å². The number of ether oxygens (including phenoxy) is 1. The van der Waals surface area contributed by atoms with Crippen LogP contribution < -0.4 is 0 Å². The lowest BCUT2D eigenvalue weighted by Crippen LogP contribution is -2.16. The molecule has 2 nitrogen and oxygen atoms in total. The SMILES string of the molecule is CC[C@@H](CBr)C(=O)OC. The summed E-state index contributed by atoms with van der Waals surface area (Å²) in [5, 5.41) is 0.691. The fourth-order valence-electron chi connectivity index (χ4n) is 0.505. The van der Waals surface area contributed by atoms with Gasteiger partial charge < -0.3 is 4.74 Å². The predicted octanol–water partition coefficient (Wildman–Crippen LogP) is 1.58. The quantitative estimate of drug-likeness (QED) is 0.504. The lowest BCUT2D eigenvalue weighted by molar-refractivity contribution is -0.144. The Morgan fingerprint density at radius 2 is 2.33 bits per heavy atom. The van der Waals surface area contributed by atoms with Crippen LogP contribution in [-0.2, 0) is 9.53 Å². The average Bonchev–Trinajstić information content (AvgIpc) is 1.90. The molecule has 0 radical (unpaired) electrons. The molecular formula is C6H11BrO2. The van der Waals surface area contributed by atoms with Gasteiger partial charge in [0, 0.05) is 5.33 Å². The van der Waals surface area contributed by atoms with Crippen molar-refractivity contribution in [1.29, 1.82) is 0 Å². The number of carbonyl (C=O) groups excluding carboxylic acids is 1. The Morgan fingerprint density at radius 1 is 1.78 bits per heavy atom. The van der Waals surface area contributed by atoms with Gasteiger partial charge in [0.1, 0.15) is 0 Å². The zero-order valence-electron chi connectivity index (χ0n) is 5.69. The van der Waals surface area contributed by atoms with Crippen LogP contribution in [0.15, 0.2) is 0 Å². The van der Waals surface area contributed by atoms with E-state index in [4.69, 9.17) is 0 Å². The Balaban J connectivity index is 3.64. The van der Waals surface area contributed by atoms with Crippen molar-refractivity contribution in [2.45, 2.75) is 13.3 Å². The molecule has 0 unspecified atom stereocenters. The standard InChI is InChI=1S/C6H11BrO2/c1-3-5(4-7)6(8)9-2/h5H,3-4H2,1-2H3/t5-/m0/s1. The highest BCUT2D eigenvalue weighted by molar-refractivity contribution is 9.09. The van der Waals surface area contributed by atoms with E-state index in [0.717, 1.165) is 6.42 Å². The van der Waals surface area contributed by atoms with E-state index in [9.17, 15) is 4.79 Å². The average molecular weight is 195 g/mol. The summed E-state index contributed by atoms with van der Waals surface area (Å²) in [6.07, 6.45) is 0.831. The number of halogens is 1. The first-order valence-electron chi connectivity index (χ1n) is 2.90. The predicted molar refractivity (Wildman–Crippen MR) is 39.6 cm³/mol. The van der Waals surface area contributed by atoms with E-state index >= 15 is 0 Å². The van der Waals surface area contributed by atoms with Crippen LogP contribution in [0, 0.1) is 5.92 Å². The largest absolute Gasteiger partial charge is 0.469 e. The minimum atomic E-state index is -0.130. The summed E-state index contributed by atoms with van der Waals surface area (Å²) in [5.41, 5.74) is 0. The van der Waals surface area contributed by atoms with E-state index < -0.39 is 0 Å². The maximum absolute atomic E-state index is 10.7. The highest BCUT2D eigenvalue weighted by atomic mass is 79.9. The third kappa shape index (κ3) is 2.84. The van der Waals surface area contributed by atoms with Gasteiger partial charge in [-0.25, -0.2) is 0 Å². The topological polar surface area (TPSA) is 26.3 Å². The summed E-state index contributed by atoms with van der Waals surface area (Å²) in [4.78, 5) is 10.7. The summed E-state index contributed by atoms with van der Waals surface area (Å²) in [7, 11) is 1.41. The molecule has 0 amide bonds. The molecule has 3 heteroatoms. The van der Waals surface area contributed by atoms with E-state index in [1.54, 1.807) is 0 Å². The van der Waals surface area contributed by atoms with Crippen LogP contribution in [0.1, 0.15) is 13.3 Å². The van der Waals surface area contributed by atoms with Crippen LogP contribution in [0.5, 0.6) is 0 Å². The second-order valence-electron chi connectivity index (χ2n) is 1.78. The monoisotopic (exact) mass is 194 g/mol. The molecule has 0 aromatic carbocycles. The summed E-state index contributed by atoms with van der Waals surface area (Å²) in [6, 6.07) is 0. The van der Waals surface area contributed by atoms with E-state index in [2.05, 4.69) is 20.7 Å². The van der Waals surface area contributed by atoms with Gasteiger partial charge in [0.15, 0.2) is 0 Å². The lowest BCUT2D eigenvalue weighted by atomic mass is 10.1. The van der Waals surface area contributed by atoms with Crippen LogP contribution >= 0.6 is 15.9 Å². The van der Waals surface area contributed by atoms with E-state index in [1.165, 1.54) is 7.11 Å². The minimum absolute atomic E-state index is 0.0231. The normalized spacial score (nSPS) is 12.8. The minimum Gasteiger partial charge on any atom is -0.469 e. The molecule has 0 bridgehead atoms. The van der Waals surface area contributed by atoms with E-state index in [0.29, 0.717) is 5.33 Å². The molecule has 0 rings (SSSR count). The number of carbonyl (C=O) groups is 1. The van der Waals surface area contributed by atoms with Crippen LogP contribution in [0.25, 0.3) is 0 Å². The van der Waals surface area contributed by atoms with Crippen molar-refractivity contribution < 1.29 is 9.53 Å². The zero-order chi connectivity index (χ0) is 7.28. The molecule has 0 heterocycles. The van der Waals surface area contributed by atoms with Crippen molar-refractivity contribution in [2.75, 3.05) is 12.4 Å². The van der Waals surface area contributed by atoms with Crippen molar-refractivity contribution in [3.63, 3.8) is 0 Å². The van der Waals surface area contributed by atoms with Crippen LogP contribution in [0.2, 0.25) is 0 Å². The van der Waals surface area contributed by atoms with Gasteiger partial charge in [0.05, 0.1) is 13.0 Å². The molecule has 0 aliphatic heterocycles. The molecule has 0 aromatic rings. The Morgan fingerprint density at radius 3 is 2.44 bits per heavy atom. The second-order valence-corrected chi connectivity index (χ2v) is 2.43. The fraction of sp³-hybridized carbons (Fsp3) is 0.833. The van der Waals surface area contributed by atoms with Crippen LogP contribution in [0.4, 0.5) is 0 Å². The fourth-order valence-corrected chi connectivity index (χ4v) is 1.23. The molecule has 1 atom stereocenters. The number of methoxy groups -OCH3 is 1. The van der Waals surface area contributed by atoms with Gasteiger partial charge >= 0.3 is 5.97 Å². The molecule has 0 aliphatic rings. The first-order valence-corrected chi connectivity index (χ1v) is 4.02. The van der Waals surface area contributed by atoms with Gasteiger partial charge in [-0.15, -0.1) is 0 Å². The molecule has 0 aliphatic carbocycles. The van der Waals surface area contributed by atoms with E-state index in [-0.39, 0.29) is 11.9 Å². The smallest absolute Gasteiger partial charge is 0.309 e. The molecule has 0 N–H and O–H groups in total. The summed E-state index contributed by atoms with van der Waals surface area (Å²) in [5.74, 6) is -0.107. The molecule has 0 saturated carbocycles. The summed E-state index contributed by atoms with van der Waals surface area (Å²) in [6.45, 7) is 1.96. The van der Waals surface area contributed by atoms with Gasteiger partial charge in [0.2, 0.25) is 0 Å². The summed E-state index contributed by atoms with van der Waals surface area (Å²) >= 11 is 3.22. The lowest BCUT2D eigenvalue weighted by Gasteiger charge is -2.06. The Bertz CT molecular complexity index is 89.1. The number of hydrogen-bond donors (Lipinski definition) is 0. The molecule has 0 aromatic heterocycles. The summed E-state index contributed by atoms with van der Waals surface area (Å²) < 4.78 is 4.53. The Kier molecular flexibility index (Phi) is 4.77. The Labute approximate surface area is 63.7 Å². The van der Waals surface area contributed by atoms with Gasteiger partial charge in [-0.2, -0.15) is 0 Å². The van der Waals surface area contributed by atoms with Gasteiger partial charge in [0.25, 0.3) is 0 Å². The van der Waals surface area contributed by atoms with Crippen molar-refractivity contribution in [1.82, 2.24) is 0 Å². The number of hydrogen-bond acceptors (Lipinski definition) is 2. The van der Waals surface area contributed by atoms with E-state index in [1.807, 2.05) is 6.92 Å². The second kappa shape index (κ2) is 4.79. The third-order valence-corrected chi connectivity index (χ3v) is 2.00. The molecular weight excluding hydrogens is 184 g/mol. The van der Waals surface area contributed by atoms with Gasteiger partial charge in [-0.1, -0.05) is 22.9 Å². The van der Waals surface area contributed by atoms with Crippen LogP contribution in [-0.4, -0.2) is 18.4 Å². The Hall–Kier alpha value is -0.0500. The van der Waals surface area contributed by atoms with Crippen molar-refractivity contribution in [3.8, 4) is 0 Å². The van der Waals surface area contributed by atoms with Crippen molar-refractivity contribution in [3.05, 3.63) is 0 Å². The first kappa shape index (κ1) is 8.95. The maximum atomic E-state index is 10.7. The molecule has 9 heavy (non-hydrogen) atoms. The third-order valence-electron chi connectivity index (χ3n) is 1.21. The highest BCUT2D eigenvalue weighted by Crippen LogP contribution is 2.07. The molecule has 0 saturated heterocycles. The first-order chi connectivity index (χ1) is 4.26. The maximum Gasteiger partial charge on any atom is 0.309 e.